The predicted molar refractivity (Wildman–Crippen MR) is 108 cm³/mol. The fourth-order valence-corrected chi connectivity index (χ4v) is 3.29. The number of carbonyl (C=O) groups is 1. The van der Waals surface area contributed by atoms with Gasteiger partial charge in [-0.3, -0.25) is 9.78 Å². The third-order valence-electron chi connectivity index (χ3n) is 4.00. The van der Waals surface area contributed by atoms with E-state index in [9.17, 15) is 4.79 Å². The summed E-state index contributed by atoms with van der Waals surface area (Å²) in [4.78, 5) is 17.2. The molecule has 1 amide bonds. The van der Waals surface area contributed by atoms with Crippen molar-refractivity contribution in [3.63, 3.8) is 0 Å². The van der Waals surface area contributed by atoms with Gasteiger partial charge in [0.2, 0.25) is 0 Å². The third kappa shape index (κ3) is 4.16. The van der Waals surface area contributed by atoms with Crippen LogP contribution in [-0.4, -0.2) is 31.2 Å². The molecule has 7 heteroatoms. The highest BCUT2D eigenvalue weighted by Gasteiger charge is 2.17. The van der Waals surface area contributed by atoms with Crippen molar-refractivity contribution >= 4 is 45.7 Å². The average Bonchev–Trinajstić information content (AvgIpc) is 2.63. The number of halogens is 2. The van der Waals surface area contributed by atoms with Gasteiger partial charge in [0.1, 0.15) is 12.4 Å². The quantitative estimate of drug-likeness (QED) is 0.578. The Kier molecular flexibility index (Phi) is 6.16. The minimum absolute atomic E-state index is 0.224. The monoisotopic (exact) mass is 404 g/mol. The van der Waals surface area contributed by atoms with Gasteiger partial charge in [-0.15, -0.1) is 0 Å². The van der Waals surface area contributed by atoms with E-state index in [0.29, 0.717) is 30.2 Å². The Balaban J connectivity index is 1.98. The maximum absolute atomic E-state index is 12.7. The topological polar surface area (TPSA) is 60.5 Å². The number of hydrogen-bond acceptors (Lipinski definition) is 4. The Morgan fingerprint density at radius 3 is 2.52 bits per heavy atom. The molecular weight excluding hydrogens is 387 g/mol. The number of aryl methyl sites for hydroxylation is 1. The van der Waals surface area contributed by atoms with Crippen LogP contribution < -0.4 is 10.1 Å². The summed E-state index contributed by atoms with van der Waals surface area (Å²) in [6, 6.07) is 10.4. The van der Waals surface area contributed by atoms with E-state index >= 15 is 0 Å². The van der Waals surface area contributed by atoms with Gasteiger partial charge in [0.25, 0.3) is 5.91 Å². The molecule has 0 saturated carbocycles. The second-order valence-corrected chi connectivity index (χ2v) is 6.68. The van der Waals surface area contributed by atoms with Crippen LogP contribution in [0.25, 0.3) is 10.9 Å². The zero-order chi connectivity index (χ0) is 19.4. The molecule has 1 heterocycles. The van der Waals surface area contributed by atoms with Gasteiger partial charge >= 0.3 is 0 Å². The Hall–Kier alpha value is -2.34. The highest BCUT2D eigenvalue weighted by Crippen LogP contribution is 2.33. The molecule has 1 N–H and O–H groups in total. The fraction of sp³-hybridized carbons (Fsp3) is 0.200. The van der Waals surface area contributed by atoms with Crippen LogP contribution in [0.5, 0.6) is 5.75 Å². The first-order valence-electron chi connectivity index (χ1n) is 8.28. The molecule has 0 unspecified atom stereocenters. The van der Waals surface area contributed by atoms with Crippen LogP contribution in [0.1, 0.15) is 15.9 Å². The molecule has 2 aromatic carbocycles. The minimum atomic E-state index is -0.401. The van der Waals surface area contributed by atoms with E-state index in [1.54, 1.807) is 37.6 Å². The molecule has 0 fully saturated rings. The molecule has 3 aromatic rings. The molecule has 0 aliphatic rings. The first-order valence-corrected chi connectivity index (χ1v) is 9.04. The van der Waals surface area contributed by atoms with Crippen LogP contribution in [0.4, 0.5) is 5.69 Å². The van der Waals surface area contributed by atoms with Crippen LogP contribution in [0, 0.1) is 6.92 Å². The summed E-state index contributed by atoms with van der Waals surface area (Å²) in [6.07, 6.45) is 1.71. The Morgan fingerprint density at radius 1 is 1.11 bits per heavy atom. The molecule has 0 radical (unpaired) electrons. The van der Waals surface area contributed by atoms with Crippen LogP contribution in [0.3, 0.4) is 0 Å². The van der Waals surface area contributed by atoms with Crippen LogP contribution in [0.15, 0.2) is 42.6 Å². The molecule has 0 aliphatic carbocycles. The van der Waals surface area contributed by atoms with Gasteiger partial charge in [-0.25, -0.2) is 0 Å². The Labute approximate surface area is 167 Å². The zero-order valence-corrected chi connectivity index (χ0v) is 16.4. The first kappa shape index (κ1) is 19.4. The molecular formula is C20H18Cl2N2O3. The van der Waals surface area contributed by atoms with Crippen LogP contribution in [0.2, 0.25) is 10.0 Å². The van der Waals surface area contributed by atoms with E-state index in [2.05, 4.69) is 10.3 Å². The highest BCUT2D eigenvalue weighted by atomic mass is 35.5. The lowest BCUT2D eigenvalue weighted by atomic mass is 10.1. The standard InChI is InChI=1S/C20H18Cl2N2O3/c1-12-11-23-18-13(19(12)27-10-9-26-2)5-3-8-16(18)24-20(25)17-14(21)6-4-7-15(17)22/h3-8,11H,9-10H2,1-2H3,(H,24,25). The number of carbonyl (C=O) groups excluding carboxylic acids is 1. The van der Waals surface area contributed by atoms with Crippen molar-refractivity contribution < 1.29 is 14.3 Å². The smallest absolute Gasteiger partial charge is 0.258 e. The Morgan fingerprint density at radius 2 is 1.81 bits per heavy atom. The first-order chi connectivity index (χ1) is 13.0. The highest BCUT2D eigenvalue weighted by molar-refractivity contribution is 6.40. The number of hydrogen-bond donors (Lipinski definition) is 1. The van der Waals surface area contributed by atoms with E-state index in [0.717, 1.165) is 10.9 Å². The Bertz CT molecular complexity index is 972. The van der Waals surface area contributed by atoms with Crippen LogP contribution in [-0.2, 0) is 4.74 Å². The summed E-state index contributed by atoms with van der Waals surface area (Å²) in [5, 5.41) is 4.22. The van der Waals surface area contributed by atoms with Gasteiger partial charge in [-0.1, -0.05) is 35.3 Å². The van der Waals surface area contributed by atoms with Gasteiger partial charge in [-0.2, -0.15) is 0 Å². The van der Waals surface area contributed by atoms with Gasteiger partial charge in [0.15, 0.2) is 0 Å². The lowest BCUT2D eigenvalue weighted by molar-refractivity contribution is 0.102. The number of para-hydroxylation sites is 1. The third-order valence-corrected chi connectivity index (χ3v) is 4.63. The molecule has 0 aliphatic heterocycles. The van der Waals surface area contributed by atoms with Crippen molar-refractivity contribution in [3.8, 4) is 5.75 Å². The number of fused-ring (bicyclic) bond motifs is 1. The summed E-state index contributed by atoms with van der Waals surface area (Å²) in [7, 11) is 1.62. The van der Waals surface area contributed by atoms with Crippen molar-refractivity contribution in [2.45, 2.75) is 6.92 Å². The van der Waals surface area contributed by atoms with Crippen molar-refractivity contribution in [3.05, 3.63) is 63.8 Å². The predicted octanol–water partition coefficient (Wildman–Crippen LogP) is 5.13. The maximum atomic E-state index is 12.7. The number of methoxy groups -OCH3 is 1. The number of nitrogens with one attached hydrogen (secondary N) is 1. The summed E-state index contributed by atoms with van der Waals surface area (Å²) in [5.74, 6) is 0.311. The molecule has 1 aromatic heterocycles. The van der Waals surface area contributed by atoms with Gasteiger partial charge in [-0.05, 0) is 31.2 Å². The van der Waals surface area contributed by atoms with Crippen molar-refractivity contribution in [2.75, 3.05) is 25.6 Å². The number of anilines is 1. The average molecular weight is 405 g/mol. The number of nitrogens with zero attached hydrogens (tertiary/aromatic N) is 1. The lowest BCUT2D eigenvalue weighted by Crippen LogP contribution is -2.14. The second-order valence-electron chi connectivity index (χ2n) is 5.86. The summed E-state index contributed by atoms with van der Waals surface area (Å²) < 4.78 is 10.9. The summed E-state index contributed by atoms with van der Waals surface area (Å²) in [5.41, 5.74) is 2.29. The second kappa shape index (κ2) is 8.57. The maximum Gasteiger partial charge on any atom is 0.258 e. The van der Waals surface area contributed by atoms with Gasteiger partial charge in [0, 0.05) is 24.3 Å². The minimum Gasteiger partial charge on any atom is -0.490 e. The van der Waals surface area contributed by atoms with Crippen molar-refractivity contribution in [1.29, 1.82) is 0 Å². The lowest BCUT2D eigenvalue weighted by Gasteiger charge is -2.14. The molecule has 0 atom stereocenters. The molecule has 0 saturated heterocycles. The molecule has 0 spiro atoms. The number of ether oxygens (including phenoxy) is 2. The normalized spacial score (nSPS) is 10.8. The summed E-state index contributed by atoms with van der Waals surface area (Å²) >= 11 is 12.3. The van der Waals surface area contributed by atoms with Gasteiger partial charge in [0.05, 0.1) is 33.4 Å². The van der Waals surface area contributed by atoms with E-state index in [1.165, 1.54) is 0 Å². The van der Waals surface area contributed by atoms with E-state index in [4.69, 9.17) is 32.7 Å². The van der Waals surface area contributed by atoms with Gasteiger partial charge < -0.3 is 14.8 Å². The molecule has 3 rings (SSSR count). The zero-order valence-electron chi connectivity index (χ0n) is 14.9. The molecule has 140 valence electrons. The number of rotatable bonds is 6. The summed E-state index contributed by atoms with van der Waals surface area (Å²) in [6.45, 7) is 2.82. The largest absolute Gasteiger partial charge is 0.490 e. The van der Waals surface area contributed by atoms with E-state index in [1.807, 2.05) is 19.1 Å². The molecule has 0 bridgehead atoms. The SMILES string of the molecule is COCCOc1c(C)cnc2c(NC(=O)c3c(Cl)cccc3Cl)cccc12. The number of amides is 1. The number of benzene rings is 2. The number of pyridine rings is 1. The fourth-order valence-electron chi connectivity index (χ4n) is 2.72. The van der Waals surface area contributed by atoms with E-state index < -0.39 is 5.91 Å². The van der Waals surface area contributed by atoms with E-state index in [-0.39, 0.29) is 15.6 Å². The molecule has 5 nitrogen and oxygen atoms in total. The number of aromatic nitrogens is 1. The van der Waals surface area contributed by atoms with Crippen molar-refractivity contribution in [1.82, 2.24) is 4.98 Å². The molecule has 27 heavy (non-hydrogen) atoms. The van der Waals surface area contributed by atoms with Crippen molar-refractivity contribution in [2.24, 2.45) is 0 Å². The van der Waals surface area contributed by atoms with Crippen LogP contribution >= 0.6 is 23.2 Å².